The molecule has 0 aliphatic rings. The van der Waals surface area contributed by atoms with Crippen LogP contribution in [-0.2, 0) is 10.7 Å². The Morgan fingerprint density at radius 1 is 1.38 bits per heavy atom. The van der Waals surface area contributed by atoms with E-state index in [4.69, 9.17) is 11.6 Å². The molecule has 128 valence electrons. The van der Waals surface area contributed by atoms with Gasteiger partial charge in [-0.1, -0.05) is 17.7 Å². The van der Waals surface area contributed by atoms with Crippen molar-refractivity contribution in [3.63, 3.8) is 0 Å². The lowest BCUT2D eigenvalue weighted by Crippen LogP contribution is -2.40. The summed E-state index contributed by atoms with van der Waals surface area (Å²) >= 11 is 8.67. The number of nitrogens with zero attached hydrogens (tertiary/aromatic N) is 1. The lowest BCUT2D eigenvalue weighted by Gasteiger charge is -2.19. The second-order valence-electron chi connectivity index (χ2n) is 4.77. The molecule has 1 unspecified atom stereocenters. The number of halogens is 5. The summed E-state index contributed by atoms with van der Waals surface area (Å²) in [6.07, 6.45) is -0.458. The number of aliphatic hydroxyl groups excluding tert-OH is 1. The Kier molecular flexibility index (Phi) is 5.84. The summed E-state index contributed by atoms with van der Waals surface area (Å²) < 4.78 is 41.9. The highest BCUT2D eigenvalue weighted by Gasteiger charge is 2.44. The number of hydrogen-bond acceptors (Lipinski definition) is 3. The lowest BCUT2D eigenvalue weighted by atomic mass is 10.1. The van der Waals surface area contributed by atoms with Gasteiger partial charge in [-0.25, -0.2) is 4.39 Å². The molecule has 1 heterocycles. The maximum Gasteiger partial charge on any atom is 0.367 e. The number of carbonyl (C=O) groups is 1. The molecule has 2 aromatic rings. The fourth-order valence-corrected chi connectivity index (χ4v) is 2.75. The maximum atomic E-state index is 14.1. The molecule has 1 atom stereocenters. The maximum absolute atomic E-state index is 14.1. The Balaban J connectivity index is 2.11. The minimum Gasteiger partial charge on any atom is -0.386 e. The van der Waals surface area contributed by atoms with Gasteiger partial charge in [-0.05, 0) is 40.2 Å². The molecule has 0 saturated carbocycles. The Bertz CT molecular complexity index is 741. The van der Waals surface area contributed by atoms with Crippen molar-refractivity contribution in [3.05, 3.63) is 63.1 Å². The summed E-state index contributed by atoms with van der Waals surface area (Å²) in [5.41, 5.74) is -1.04. The van der Waals surface area contributed by atoms with Crippen molar-refractivity contribution in [2.45, 2.75) is 12.0 Å². The molecule has 0 bridgehead atoms. The third-order valence-electron chi connectivity index (χ3n) is 3.13. The highest BCUT2D eigenvalue weighted by atomic mass is 79.9. The third kappa shape index (κ3) is 3.88. The van der Waals surface area contributed by atoms with E-state index >= 15 is 0 Å². The van der Waals surface area contributed by atoms with Crippen LogP contribution in [0, 0.1) is 5.82 Å². The molecule has 2 N–H and O–H groups in total. The van der Waals surface area contributed by atoms with Crippen molar-refractivity contribution in [1.29, 1.82) is 0 Å². The van der Waals surface area contributed by atoms with Crippen LogP contribution >= 0.6 is 27.5 Å². The molecule has 4 nitrogen and oxygen atoms in total. The fraction of sp³-hybridized carbons (Fsp3) is 0.200. The van der Waals surface area contributed by atoms with Crippen LogP contribution in [0.15, 0.2) is 41.0 Å². The van der Waals surface area contributed by atoms with Gasteiger partial charge >= 0.3 is 5.92 Å². The smallest absolute Gasteiger partial charge is 0.367 e. The van der Waals surface area contributed by atoms with Crippen molar-refractivity contribution in [2.24, 2.45) is 0 Å². The van der Waals surface area contributed by atoms with Crippen LogP contribution in [0.4, 0.5) is 13.2 Å². The lowest BCUT2D eigenvalue weighted by molar-refractivity contribution is -0.148. The van der Waals surface area contributed by atoms with Crippen LogP contribution in [0.2, 0.25) is 5.02 Å². The van der Waals surface area contributed by atoms with Gasteiger partial charge in [-0.2, -0.15) is 8.78 Å². The Labute approximate surface area is 148 Å². The van der Waals surface area contributed by atoms with Crippen LogP contribution in [0.25, 0.3) is 0 Å². The summed E-state index contributed by atoms with van der Waals surface area (Å²) in [5.74, 6) is -6.41. The number of aliphatic hydroxyl groups is 1. The summed E-state index contributed by atoms with van der Waals surface area (Å²) in [4.78, 5) is 15.2. The van der Waals surface area contributed by atoms with Gasteiger partial charge in [0.25, 0.3) is 5.91 Å². The molecule has 24 heavy (non-hydrogen) atoms. The first-order valence-corrected chi connectivity index (χ1v) is 7.81. The summed E-state index contributed by atoms with van der Waals surface area (Å²) in [6, 6.07) is 6.47. The number of benzene rings is 1. The van der Waals surface area contributed by atoms with Crippen molar-refractivity contribution in [1.82, 2.24) is 10.3 Å². The minimum atomic E-state index is -3.93. The second kappa shape index (κ2) is 7.50. The van der Waals surface area contributed by atoms with Crippen molar-refractivity contribution in [2.75, 3.05) is 6.54 Å². The van der Waals surface area contributed by atoms with E-state index in [2.05, 4.69) is 20.9 Å². The van der Waals surface area contributed by atoms with Gasteiger partial charge in [-0.15, -0.1) is 0 Å². The zero-order valence-electron chi connectivity index (χ0n) is 11.9. The zero-order chi connectivity index (χ0) is 17.9. The second-order valence-corrected chi connectivity index (χ2v) is 6.03. The quantitative estimate of drug-likeness (QED) is 0.773. The Morgan fingerprint density at radius 3 is 2.71 bits per heavy atom. The van der Waals surface area contributed by atoms with Crippen LogP contribution in [0.3, 0.4) is 0 Å². The molecule has 0 radical (unpaired) electrons. The normalized spacial score (nSPS) is 12.8. The number of pyridine rings is 1. The van der Waals surface area contributed by atoms with Crippen LogP contribution in [0.1, 0.15) is 17.4 Å². The average Bonchev–Trinajstić information content (AvgIpc) is 2.52. The third-order valence-corrected chi connectivity index (χ3v) is 4.10. The number of hydrogen-bond donors (Lipinski definition) is 2. The minimum absolute atomic E-state index is 0.0390. The van der Waals surface area contributed by atoms with E-state index in [1.165, 1.54) is 24.3 Å². The van der Waals surface area contributed by atoms with E-state index < -0.39 is 36.0 Å². The van der Waals surface area contributed by atoms with E-state index in [-0.39, 0.29) is 15.1 Å². The Morgan fingerprint density at radius 2 is 2.08 bits per heavy atom. The standard InChI is InChI=1S/C15H11BrClF3N2O2/c16-8-3-2-6-21-13(8)15(19,20)14(24)22-7-11(23)12-9(17)4-1-5-10(12)18/h1-6,11,23H,7H2,(H,22,24). The molecule has 0 fully saturated rings. The summed E-state index contributed by atoms with van der Waals surface area (Å²) in [5, 5.41) is 11.7. The first-order valence-electron chi connectivity index (χ1n) is 6.64. The molecule has 9 heteroatoms. The van der Waals surface area contributed by atoms with Gasteiger partial charge in [0.15, 0.2) is 0 Å². The number of carbonyl (C=O) groups excluding carboxylic acids is 1. The molecule has 1 amide bonds. The summed E-state index contributed by atoms with van der Waals surface area (Å²) in [6.45, 7) is -0.639. The number of rotatable bonds is 5. The topological polar surface area (TPSA) is 62.2 Å². The molecule has 0 aliphatic heterocycles. The monoisotopic (exact) mass is 422 g/mol. The SMILES string of the molecule is O=C(NCC(O)c1c(F)cccc1Cl)C(F)(F)c1ncccc1Br. The van der Waals surface area contributed by atoms with Crippen LogP contribution < -0.4 is 5.32 Å². The largest absolute Gasteiger partial charge is 0.386 e. The first kappa shape index (κ1) is 18.7. The van der Waals surface area contributed by atoms with Gasteiger partial charge in [0.2, 0.25) is 0 Å². The number of amides is 1. The zero-order valence-corrected chi connectivity index (χ0v) is 14.3. The van der Waals surface area contributed by atoms with E-state index in [1.807, 2.05) is 5.32 Å². The fourth-order valence-electron chi connectivity index (χ4n) is 1.96. The molecular formula is C15H11BrClF3N2O2. The van der Waals surface area contributed by atoms with Crippen molar-refractivity contribution < 1.29 is 23.1 Å². The molecule has 0 spiro atoms. The Hall–Kier alpha value is -1.64. The highest BCUT2D eigenvalue weighted by Crippen LogP contribution is 2.32. The van der Waals surface area contributed by atoms with Crippen LogP contribution in [0.5, 0.6) is 0 Å². The average molecular weight is 424 g/mol. The molecule has 0 saturated heterocycles. The van der Waals surface area contributed by atoms with Crippen LogP contribution in [-0.4, -0.2) is 22.5 Å². The molecule has 2 rings (SSSR count). The van der Waals surface area contributed by atoms with Gasteiger partial charge in [-0.3, -0.25) is 9.78 Å². The van der Waals surface area contributed by atoms with Gasteiger partial charge in [0.1, 0.15) is 17.6 Å². The molecule has 1 aromatic carbocycles. The number of aromatic nitrogens is 1. The highest BCUT2D eigenvalue weighted by molar-refractivity contribution is 9.10. The molecule has 0 aliphatic carbocycles. The van der Waals surface area contributed by atoms with E-state index in [9.17, 15) is 23.1 Å². The van der Waals surface area contributed by atoms with Crippen molar-refractivity contribution >= 4 is 33.4 Å². The van der Waals surface area contributed by atoms with Gasteiger partial charge in [0.05, 0.1) is 0 Å². The van der Waals surface area contributed by atoms with Crippen molar-refractivity contribution in [3.8, 4) is 0 Å². The van der Waals surface area contributed by atoms with E-state index in [1.54, 1.807) is 0 Å². The van der Waals surface area contributed by atoms with E-state index in [0.29, 0.717) is 0 Å². The molecule has 1 aromatic heterocycles. The van der Waals surface area contributed by atoms with E-state index in [0.717, 1.165) is 12.3 Å². The first-order chi connectivity index (χ1) is 11.2. The van der Waals surface area contributed by atoms with Gasteiger partial charge in [0, 0.05) is 27.8 Å². The number of alkyl halides is 2. The molecular weight excluding hydrogens is 413 g/mol. The van der Waals surface area contributed by atoms with Gasteiger partial charge < -0.3 is 10.4 Å². The predicted octanol–water partition coefficient (Wildman–Crippen LogP) is 3.58. The number of nitrogens with one attached hydrogen (secondary N) is 1. The summed E-state index contributed by atoms with van der Waals surface area (Å²) in [7, 11) is 0. The predicted molar refractivity (Wildman–Crippen MR) is 85.2 cm³/mol.